The molecule has 2 heterocycles. The van der Waals surface area contributed by atoms with Gasteiger partial charge in [-0.05, 0) is 24.3 Å². The predicted octanol–water partition coefficient (Wildman–Crippen LogP) is 1.75. The Kier molecular flexibility index (Phi) is 5.34. The van der Waals surface area contributed by atoms with Crippen molar-refractivity contribution in [2.24, 2.45) is 0 Å². The summed E-state index contributed by atoms with van der Waals surface area (Å²) in [5, 5.41) is 16.3. The molecule has 2 fully saturated rings. The molecule has 2 saturated heterocycles. The molecule has 2 amide bonds. The molecule has 2 aliphatic heterocycles. The van der Waals surface area contributed by atoms with Crippen LogP contribution < -0.4 is 20.1 Å². The van der Waals surface area contributed by atoms with Gasteiger partial charge < -0.3 is 34.7 Å². The maximum absolute atomic E-state index is 12.5. The molecule has 0 aliphatic carbocycles. The van der Waals surface area contributed by atoms with E-state index in [0.717, 1.165) is 0 Å². The monoisotopic (exact) mass is 386 g/mol. The average molecular weight is 386 g/mol. The zero-order chi connectivity index (χ0) is 19.5. The van der Waals surface area contributed by atoms with Crippen molar-refractivity contribution in [2.45, 2.75) is 30.6 Å². The van der Waals surface area contributed by atoms with Crippen molar-refractivity contribution < 1.29 is 28.8 Å². The third-order valence-corrected chi connectivity index (χ3v) is 4.75. The summed E-state index contributed by atoms with van der Waals surface area (Å²) >= 11 is 0. The summed E-state index contributed by atoms with van der Waals surface area (Å²) in [6.07, 6.45) is -2.89. The van der Waals surface area contributed by atoms with Crippen LogP contribution in [0.1, 0.15) is 0 Å². The number of methoxy groups -OCH3 is 1. The number of hydrogen-bond acceptors (Lipinski definition) is 6. The molecule has 0 saturated carbocycles. The van der Waals surface area contributed by atoms with Crippen molar-refractivity contribution in [1.29, 1.82) is 0 Å². The highest BCUT2D eigenvalue weighted by Crippen LogP contribution is 2.31. The zero-order valence-electron chi connectivity index (χ0n) is 15.3. The Labute approximate surface area is 162 Å². The highest BCUT2D eigenvalue weighted by atomic mass is 16.7. The van der Waals surface area contributed by atoms with Gasteiger partial charge in [0, 0.05) is 11.8 Å². The lowest BCUT2D eigenvalue weighted by Gasteiger charge is -2.38. The Morgan fingerprint density at radius 2 is 1.93 bits per heavy atom. The number of amides is 2. The lowest BCUT2D eigenvalue weighted by atomic mass is 9.98. The van der Waals surface area contributed by atoms with E-state index in [9.17, 15) is 9.90 Å². The van der Waals surface area contributed by atoms with Gasteiger partial charge in [0.1, 0.15) is 23.7 Å². The lowest BCUT2D eigenvalue weighted by molar-refractivity contribution is -0.192. The first-order valence-corrected chi connectivity index (χ1v) is 9.02. The molecule has 8 heteroatoms. The number of carbonyl (C=O) groups excluding carboxylic acids is 1. The molecule has 2 bridgehead atoms. The van der Waals surface area contributed by atoms with E-state index in [1.54, 1.807) is 43.5 Å². The fourth-order valence-corrected chi connectivity index (χ4v) is 3.37. The van der Waals surface area contributed by atoms with Crippen molar-refractivity contribution in [2.75, 3.05) is 19.0 Å². The van der Waals surface area contributed by atoms with Gasteiger partial charge in [-0.1, -0.05) is 24.3 Å². The number of fused-ring (bicyclic) bond motifs is 2. The third kappa shape index (κ3) is 3.89. The van der Waals surface area contributed by atoms with Crippen LogP contribution in [0.2, 0.25) is 0 Å². The highest BCUT2D eigenvalue weighted by molar-refractivity contribution is 5.89. The Morgan fingerprint density at radius 3 is 2.71 bits per heavy atom. The first kappa shape index (κ1) is 18.5. The Hall–Kier alpha value is -2.81. The Balaban J connectivity index is 1.43. The van der Waals surface area contributed by atoms with Crippen LogP contribution in [-0.4, -0.2) is 55.5 Å². The number of anilines is 1. The minimum absolute atomic E-state index is 0.264. The molecule has 2 aromatic carbocycles. The number of hydrogen-bond donors (Lipinski definition) is 3. The van der Waals surface area contributed by atoms with Gasteiger partial charge in [0.05, 0.1) is 19.8 Å². The smallest absolute Gasteiger partial charge is 0.319 e. The first-order chi connectivity index (χ1) is 13.6. The van der Waals surface area contributed by atoms with Crippen LogP contribution in [0.25, 0.3) is 0 Å². The molecule has 4 rings (SSSR count). The second-order valence-electron chi connectivity index (χ2n) is 6.62. The van der Waals surface area contributed by atoms with Crippen LogP contribution in [0.3, 0.4) is 0 Å². The summed E-state index contributed by atoms with van der Waals surface area (Å²) in [5.74, 6) is 1.21. The minimum Gasteiger partial charge on any atom is -0.497 e. The van der Waals surface area contributed by atoms with Gasteiger partial charge in [-0.25, -0.2) is 4.79 Å². The van der Waals surface area contributed by atoms with Crippen LogP contribution in [-0.2, 0) is 9.47 Å². The van der Waals surface area contributed by atoms with Gasteiger partial charge in [0.25, 0.3) is 0 Å². The number of nitrogens with one attached hydrogen (secondary N) is 2. The lowest BCUT2D eigenvalue weighted by Crippen LogP contribution is -2.62. The predicted molar refractivity (Wildman–Crippen MR) is 100 cm³/mol. The van der Waals surface area contributed by atoms with Gasteiger partial charge >= 0.3 is 6.03 Å². The number of rotatable bonds is 5. The molecule has 148 valence electrons. The van der Waals surface area contributed by atoms with E-state index in [1.807, 2.05) is 18.2 Å². The molecule has 0 unspecified atom stereocenters. The molecule has 0 aromatic heterocycles. The van der Waals surface area contributed by atoms with Crippen molar-refractivity contribution in [1.82, 2.24) is 5.32 Å². The minimum atomic E-state index is -0.998. The maximum Gasteiger partial charge on any atom is 0.319 e. The average Bonchev–Trinajstić information content (AvgIpc) is 3.16. The standard InChI is InChI=1S/C20H22N2O6/c1-25-14-9-5-6-12(10-14)21-20(24)22-16-15-11-26-19(28-15)18(17(16)23)27-13-7-3-2-4-8-13/h2-10,15-19,23H,11H2,1H3,(H2,21,22,24)/t15-,16-,17-,18+,19+/m0/s1. The van der Waals surface area contributed by atoms with Crippen LogP contribution in [0, 0.1) is 0 Å². The highest BCUT2D eigenvalue weighted by Gasteiger charge is 2.52. The van der Waals surface area contributed by atoms with Gasteiger partial charge in [0.15, 0.2) is 12.4 Å². The van der Waals surface area contributed by atoms with Crippen molar-refractivity contribution in [3.8, 4) is 11.5 Å². The van der Waals surface area contributed by atoms with E-state index in [0.29, 0.717) is 17.2 Å². The molecule has 2 aliphatic rings. The normalized spacial score (nSPS) is 28.4. The fraction of sp³-hybridized carbons (Fsp3) is 0.350. The number of para-hydroxylation sites is 1. The van der Waals surface area contributed by atoms with Crippen LogP contribution in [0.5, 0.6) is 11.5 Å². The van der Waals surface area contributed by atoms with Gasteiger partial charge in [-0.3, -0.25) is 0 Å². The summed E-state index contributed by atoms with van der Waals surface area (Å²) < 4.78 is 22.4. The van der Waals surface area contributed by atoms with Gasteiger partial charge in [-0.2, -0.15) is 0 Å². The first-order valence-electron chi connectivity index (χ1n) is 9.02. The second-order valence-corrected chi connectivity index (χ2v) is 6.62. The molecule has 0 spiro atoms. The quantitative estimate of drug-likeness (QED) is 0.724. The molecule has 2 aromatic rings. The van der Waals surface area contributed by atoms with E-state index in [4.69, 9.17) is 18.9 Å². The summed E-state index contributed by atoms with van der Waals surface area (Å²) in [4.78, 5) is 12.5. The Bertz CT molecular complexity index is 817. The number of benzene rings is 2. The molecule has 0 radical (unpaired) electrons. The zero-order valence-corrected chi connectivity index (χ0v) is 15.3. The number of carbonyl (C=O) groups is 1. The molecule has 28 heavy (non-hydrogen) atoms. The van der Waals surface area contributed by atoms with Crippen molar-refractivity contribution in [3.05, 3.63) is 54.6 Å². The second kappa shape index (κ2) is 8.05. The van der Waals surface area contributed by atoms with E-state index >= 15 is 0 Å². The van der Waals surface area contributed by atoms with E-state index in [2.05, 4.69) is 10.6 Å². The van der Waals surface area contributed by atoms with Crippen molar-refractivity contribution >= 4 is 11.7 Å². The van der Waals surface area contributed by atoms with Crippen LogP contribution in [0.4, 0.5) is 10.5 Å². The number of urea groups is 1. The van der Waals surface area contributed by atoms with E-state index in [1.165, 1.54) is 0 Å². The summed E-state index contributed by atoms with van der Waals surface area (Å²) in [7, 11) is 1.55. The molecule has 8 nitrogen and oxygen atoms in total. The summed E-state index contributed by atoms with van der Waals surface area (Å²) in [6.45, 7) is 0.264. The van der Waals surface area contributed by atoms with Gasteiger partial charge in [0.2, 0.25) is 0 Å². The molecular formula is C20H22N2O6. The summed E-state index contributed by atoms with van der Waals surface area (Å²) in [6, 6.07) is 14.9. The molecule has 3 N–H and O–H groups in total. The fourth-order valence-electron chi connectivity index (χ4n) is 3.37. The van der Waals surface area contributed by atoms with Crippen molar-refractivity contribution in [3.63, 3.8) is 0 Å². The number of ether oxygens (including phenoxy) is 4. The largest absolute Gasteiger partial charge is 0.497 e. The number of aliphatic hydroxyl groups is 1. The maximum atomic E-state index is 12.5. The summed E-state index contributed by atoms with van der Waals surface area (Å²) in [5.41, 5.74) is 0.570. The molecular weight excluding hydrogens is 364 g/mol. The van der Waals surface area contributed by atoms with E-state index in [-0.39, 0.29) is 6.61 Å². The third-order valence-electron chi connectivity index (χ3n) is 4.75. The van der Waals surface area contributed by atoms with E-state index < -0.39 is 36.7 Å². The SMILES string of the molecule is COc1cccc(NC(=O)N[C@@H]2[C@H](O)[C@@H](Oc3ccccc3)[C@@H]3OC[C@@H]2O3)c1. The number of aliphatic hydroxyl groups excluding tert-OH is 1. The molecule has 5 atom stereocenters. The van der Waals surface area contributed by atoms with Crippen LogP contribution >= 0.6 is 0 Å². The van der Waals surface area contributed by atoms with Gasteiger partial charge in [-0.15, -0.1) is 0 Å². The van der Waals surface area contributed by atoms with Crippen LogP contribution in [0.15, 0.2) is 54.6 Å². The topological polar surface area (TPSA) is 98.3 Å². The Morgan fingerprint density at radius 1 is 1.14 bits per heavy atom.